The summed E-state index contributed by atoms with van der Waals surface area (Å²) in [6.45, 7) is 8.60. The summed E-state index contributed by atoms with van der Waals surface area (Å²) < 4.78 is 5.39. The van der Waals surface area contributed by atoms with Crippen molar-refractivity contribution in [2.45, 2.75) is 32.2 Å². The molecule has 0 aromatic carbocycles. The Morgan fingerprint density at radius 2 is 1.89 bits per heavy atom. The summed E-state index contributed by atoms with van der Waals surface area (Å²) in [6.07, 6.45) is 2.84. The van der Waals surface area contributed by atoms with E-state index < -0.39 is 0 Å². The third kappa shape index (κ3) is 4.75. The number of nitrogens with zero attached hydrogens (tertiary/aromatic N) is 2. The second kappa shape index (κ2) is 7.22. The van der Waals surface area contributed by atoms with Gasteiger partial charge in [-0.15, -0.1) is 0 Å². The van der Waals surface area contributed by atoms with E-state index in [0.29, 0.717) is 6.42 Å². The van der Waals surface area contributed by atoms with Crippen LogP contribution in [-0.2, 0) is 9.53 Å². The zero-order chi connectivity index (χ0) is 13.7. The van der Waals surface area contributed by atoms with Crippen LogP contribution in [0.1, 0.15) is 26.2 Å². The first-order valence-corrected chi connectivity index (χ1v) is 7.48. The van der Waals surface area contributed by atoms with E-state index in [1.54, 1.807) is 0 Å². The molecule has 1 amide bonds. The van der Waals surface area contributed by atoms with Crippen LogP contribution in [0.25, 0.3) is 0 Å². The molecule has 1 unspecified atom stereocenters. The predicted octanol–water partition coefficient (Wildman–Crippen LogP) is 0.295. The van der Waals surface area contributed by atoms with Gasteiger partial charge in [0.1, 0.15) is 0 Å². The van der Waals surface area contributed by atoms with Gasteiger partial charge in [-0.2, -0.15) is 0 Å². The lowest BCUT2D eigenvalue weighted by Crippen LogP contribution is -2.50. The van der Waals surface area contributed by atoms with Crippen molar-refractivity contribution in [2.75, 3.05) is 45.9 Å². The van der Waals surface area contributed by atoms with Gasteiger partial charge in [0.15, 0.2) is 0 Å². The molecule has 0 spiro atoms. The monoisotopic (exact) mass is 269 g/mol. The van der Waals surface area contributed by atoms with Gasteiger partial charge in [0.05, 0.1) is 0 Å². The third-order valence-electron chi connectivity index (χ3n) is 4.08. The van der Waals surface area contributed by atoms with Crippen molar-refractivity contribution in [3.8, 4) is 0 Å². The average Bonchev–Trinajstić information content (AvgIpc) is 2.40. The second-order valence-corrected chi connectivity index (χ2v) is 5.92. The number of hydrogen-bond acceptors (Lipinski definition) is 4. The normalized spacial score (nSPS) is 24.4. The molecular weight excluding hydrogens is 242 g/mol. The van der Waals surface area contributed by atoms with Crippen molar-refractivity contribution in [1.29, 1.82) is 0 Å². The van der Waals surface area contributed by atoms with Gasteiger partial charge < -0.3 is 15.4 Å². The lowest BCUT2D eigenvalue weighted by Gasteiger charge is -2.37. The average molecular weight is 269 g/mol. The first-order valence-electron chi connectivity index (χ1n) is 7.48. The minimum atomic E-state index is -0.0345. The van der Waals surface area contributed by atoms with E-state index in [1.165, 1.54) is 19.4 Å². The van der Waals surface area contributed by atoms with E-state index in [-0.39, 0.29) is 11.9 Å². The highest BCUT2D eigenvalue weighted by Gasteiger charge is 2.24. The first-order chi connectivity index (χ1) is 9.15. The van der Waals surface area contributed by atoms with Crippen molar-refractivity contribution in [3.63, 3.8) is 0 Å². The Morgan fingerprint density at radius 3 is 2.47 bits per heavy atom. The molecule has 2 fully saturated rings. The second-order valence-electron chi connectivity index (χ2n) is 5.92. The molecule has 2 N–H and O–H groups in total. The molecule has 1 atom stereocenters. The summed E-state index contributed by atoms with van der Waals surface area (Å²) in [7, 11) is 0. The number of amides is 1. The molecule has 0 bridgehead atoms. The van der Waals surface area contributed by atoms with Gasteiger partial charge in [-0.25, -0.2) is 0 Å². The summed E-state index contributed by atoms with van der Waals surface area (Å²) in [5, 5.41) is 0. The Hall–Kier alpha value is -0.650. The molecule has 0 aliphatic carbocycles. The zero-order valence-corrected chi connectivity index (χ0v) is 12.0. The molecule has 5 nitrogen and oxygen atoms in total. The van der Waals surface area contributed by atoms with E-state index in [4.69, 9.17) is 10.5 Å². The van der Waals surface area contributed by atoms with Crippen LogP contribution in [0, 0.1) is 5.92 Å². The van der Waals surface area contributed by atoms with Crippen LogP contribution in [0.5, 0.6) is 0 Å². The maximum absolute atomic E-state index is 11.9. The molecule has 2 aliphatic rings. The highest BCUT2D eigenvalue weighted by Crippen LogP contribution is 2.17. The molecule has 2 rings (SSSR count). The SMILES string of the molecule is CC(N)CC(=O)N1CCN(CC2CCOCC2)CC1. The van der Waals surface area contributed by atoms with Gasteiger partial charge >= 0.3 is 0 Å². The summed E-state index contributed by atoms with van der Waals surface area (Å²) in [5.41, 5.74) is 5.68. The van der Waals surface area contributed by atoms with Crippen LogP contribution in [0.3, 0.4) is 0 Å². The Morgan fingerprint density at radius 1 is 1.26 bits per heavy atom. The highest BCUT2D eigenvalue weighted by molar-refractivity contribution is 5.76. The van der Waals surface area contributed by atoms with Crippen LogP contribution in [0.4, 0.5) is 0 Å². The molecule has 19 heavy (non-hydrogen) atoms. The molecule has 0 radical (unpaired) electrons. The standard InChI is InChI=1S/C14H27N3O2/c1-12(15)10-14(18)17-6-4-16(5-7-17)11-13-2-8-19-9-3-13/h12-13H,2-11,15H2,1H3. The minimum Gasteiger partial charge on any atom is -0.381 e. The minimum absolute atomic E-state index is 0.0345. The van der Waals surface area contributed by atoms with Crippen molar-refractivity contribution >= 4 is 5.91 Å². The van der Waals surface area contributed by atoms with Crippen LogP contribution in [0.15, 0.2) is 0 Å². The molecule has 2 saturated heterocycles. The molecule has 0 aromatic rings. The van der Waals surface area contributed by atoms with Crippen LogP contribution < -0.4 is 5.73 Å². The number of piperazine rings is 1. The first kappa shape index (κ1) is 14.8. The molecular formula is C14H27N3O2. The lowest BCUT2D eigenvalue weighted by molar-refractivity contribution is -0.133. The van der Waals surface area contributed by atoms with Gasteiger partial charge in [0.2, 0.25) is 5.91 Å². The maximum atomic E-state index is 11.9. The third-order valence-corrected chi connectivity index (χ3v) is 4.08. The van der Waals surface area contributed by atoms with E-state index in [1.807, 2.05) is 11.8 Å². The molecule has 110 valence electrons. The Labute approximate surface area is 116 Å². The van der Waals surface area contributed by atoms with Gasteiger partial charge in [0, 0.05) is 58.4 Å². The number of carbonyl (C=O) groups excluding carboxylic acids is 1. The number of hydrogen-bond donors (Lipinski definition) is 1. The molecule has 2 aliphatic heterocycles. The summed E-state index contributed by atoms with van der Waals surface area (Å²) in [4.78, 5) is 16.4. The van der Waals surface area contributed by atoms with Crippen LogP contribution in [-0.4, -0.2) is 67.7 Å². The van der Waals surface area contributed by atoms with E-state index >= 15 is 0 Å². The van der Waals surface area contributed by atoms with Crippen molar-refractivity contribution in [3.05, 3.63) is 0 Å². The number of ether oxygens (including phenoxy) is 1. The maximum Gasteiger partial charge on any atom is 0.224 e. The fraction of sp³-hybridized carbons (Fsp3) is 0.929. The summed E-state index contributed by atoms with van der Waals surface area (Å²) in [5.74, 6) is 0.987. The Bertz CT molecular complexity index is 282. The predicted molar refractivity (Wildman–Crippen MR) is 74.8 cm³/mol. The van der Waals surface area contributed by atoms with Gasteiger partial charge in [0.25, 0.3) is 0 Å². The molecule has 2 heterocycles. The molecule has 0 aromatic heterocycles. The highest BCUT2D eigenvalue weighted by atomic mass is 16.5. The number of nitrogens with two attached hydrogens (primary N) is 1. The molecule has 0 saturated carbocycles. The van der Waals surface area contributed by atoms with E-state index in [9.17, 15) is 4.79 Å². The fourth-order valence-electron chi connectivity index (χ4n) is 2.88. The number of carbonyl (C=O) groups is 1. The van der Waals surface area contributed by atoms with Gasteiger partial charge in [-0.3, -0.25) is 9.69 Å². The quantitative estimate of drug-likeness (QED) is 0.797. The fourth-order valence-corrected chi connectivity index (χ4v) is 2.88. The Kier molecular flexibility index (Phi) is 5.60. The Balaban J connectivity index is 1.68. The summed E-state index contributed by atoms with van der Waals surface area (Å²) >= 11 is 0. The van der Waals surface area contributed by atoms with Crippen molar-refractivity contribution in [2.24, 2.45) is 11.7 Å². The molecule has 5 heteroatoms. The van der Waals surface area contributed by atoms with Crippen LogP contribution >= 0.6 is 0 Å². The van der Waals surface area contributed by atoms with Gasteiger partial charge in [-0.1, -0.05) is 0 Å². The van der Waals surface area contributed by atoms with E-state index in [2.05, 4.69) is 4.90 Å². The van der Waals surface area contributed by atoms with Crippen LogP contribution in [0.2, 0.25) is 0 Å². The zero-order valence-electron chi connectivity index (χ0n) is 12.0. The van der Waals surface area contributed by atoms with Gasteiger partial charge in [-0.05, 0) is 25.7 Å². The lowest BCUT2D eigenvalue weighted by atomic mass is 9.99. The van der Waals surface area contributed by atoms with Crippen molar-refractivity contribution < 1.29 is 9.53 Å². The summed E-state index contributed by atoms with van der Waals surface area (Å²) in [6, 6.07) is -0.0345. The van der Waals surface area contributed by atoms with E-state index in [0.717, 1.165) is 45.3 Å². The van der Waals surface area contributed by atoms with Crippen molar-refractivity contribution in [1.82, 2.24) is 9.80 Å². The number of rotatable bonds is 4. The smallest absolute Gasteiger partial charge is 0.224 e. The largest absolute Gasteiger partial charge is 0.381 e. The topological polar surface area (TPSA) is 58.8 Å².